The number of hydrogen-bond acceptors (Lipinski definition) is 8. The summed E-state index contributed by atoms with van der Waals surface area (Å²) < 4.78 is 65.1. The van der Waals surface area contributed by atoms with E-state index in [0.29, 0.717) is 71.8 Å². The van der Waals surface area contributed by atoms with Gasteiger partial charge in [0.2, 0.25) is 5.95 Å². The molecule has 1 aliphatic heterocycles. The fourth-order valence-corrected chi connectivity index (χ4v) is 4.84. The van der Waals surface area contributed by atoms with Gasteiger partial charge >= 0.3 is 6.61 Å². The normalized spacial score (nSPS) is 13.5. The van der Waals surface area contributed by atoms with Gasteiger partial charge in [-0.2, -0.15) is 13.8 Å². The zero-order valence-electron chi connectivity index (χ0n) is 22.3. The van der Waals surface area contributed by atoms with E-state index < -0.39 is 18.2 Å². The van der Waals surface area contributed by atoms with E-state index in [0.717, 1.165) is 12.1 Å². The van der Waals surface area contributed by atoms with Crippen LogP contribution in [0.1, 0.15) is 5.56 Å². The van der Waals surface area contributed by atoms with Crippen LogP contribution in [0.25, 0.3) is 33.4 Å². The maximum Gasteiger partial charge on any atom is 0.387 e. The summed E-state index contributed by atoms with van der Waals surface area (Å²) in [6, 6.07) is 13.3. The minimum Gasteiger partial charge on any atom is -0.435 e. The van der Waals surface area contributed by atoms with E-state index in [1.54, 1.807) is 49.6 Å². The van der Waals surface area contributed by atoms with Gasteiger partial charge in [0.05, 0.1) is 41.2 Å². The van der Waals surface area contributed by atoms with E-state index >= 15 is 4.39 Å². The van der Waals surface area contributed by atoms with Gasteiger partial charge in [-0.3, -0.25) is 4.98 Å². The van der Waals surface area contributed by atoms with E-state index in [9.17, 15) is 13.2 Å². The van der Waals surface area contributed by atoms with E-state index in [2.05, 4.69) is 25.0 Å². The third kappa shape index (κ3) is 5.53. The maximum atomic E-state index is 15.4. The molecule has 1 N–H and O–H groups in total. The Balaban J connectivity index is 1.52. The predicted octanol–water partition coefficient (Wildman–Crippen LogP) is 6.52. The van der Waals surface area contributed by atoms with Crippen molar-refractivity contribution in [3.05, 3.63) is 84.2 Å². The van der Waals surface area contributed by atoms with Gasteiger partial charge in [-0.15, -0.1) is 0 Å². The predicted molar refractivity (Wildman–Crippen MR) is 150 cm³/mol. The average Bonchev–Trinajstić information content (AvgIpc) is 2.99. The summed E-state index contributed by atoms with van der Waals surface area (Å²) in [4.78, 5) is 20.3. The number of benzene rings is 2. The van der Waals surface area contributed by atoms with Crippen molar-refractivity contribution in [1.29, 1.82) is 0 Å². The monoisotopic (exact) mass is 576 g/mol. The number of fused-ring (bicyclic) bond motifs is 1. The second kappa shape index (κ2) is 11.6. The van der Waals surface area contributed by atoms with Crippen molar-refractivity contribution in [2.75, 3.05) is 36.5 Å². The molecule has 1 saturated heterocycles. The van der Waals surface area contributed by atoms with Gasteiger partial charge in [-0.1, -0.05) is 18.2 Å². The van der Waals surface area contributed by atoms with E-state index in [-0.39, 0.29) is 16.7 Å². The van der Waals surface area contributed by atoms with Crippen LogP contribution in [-0.2, 0) is 4.74 Å². The highest BCUT2D eigenvalue weighted by Crippen LogP contribution is 2.39. The number of hydrogen-bond donors (Lipinski definition) is 1. The van der Waals surface area contributed by atoms with Crippen LogP contribution in [0.5, 0.6) is 5.75 Å². The number of aromatic nitrogens is 4. The zero-order chi connectivity index (χ0) is 29.2. The number of ether oxygens (including phenoxy) is 2. The van der Waals surface area contributed by atoms with Crippen LogP contribution >= 0.6 is 0 Å². The molecule has 0 radical (unpaired) electrons. The lowest BCUT2D eigenvalue weighted by atomic mass is 10.0. The second-order valence-corrected chi connectivity index (χ2v) is 9.52. The standard InChI is InChI=1S/C30H24F4N6O2/c1-17-26(23-4-2-3-9-35-23)37-24-15-19(31)14-22(32)25(24)27(17)38-28-21(18-5-7-20(8-6-18)42-29(33)34)16-36-30(39-28)40-10-12-41-13-11-40/h2-9,14-16,29H,10-13H2,1H3,(H,36,37,38,39). The molecular weight excluding hydrogens is 552 g/mol. The number of alkyl halides is 2. The van der Waals surface area contributed by atoms with Crippen LogP contribution < -0.4 is 15.0 Å². The molecule has 1 aliphatic rings. The highest BCUT2D eigenvalue weighted by Gasteiger charge is 2.22. The molecule has 0 unspecified atom stereocenters. The number of rotatable bonds is 7. The molecule has 0 amide bonds. The molecule has 1 fully saturated rings. The first-order valence-corrected chi connectivity index (χ1v) is 13.1. The van der Waals surface area contributed by atoms with Crippen LogP contribution in [0.4, 0.5) is 35.0 Å². The Morgan fingerprint density at radius 3 is 2.48 bits per heavy atom. The Morgan fingerprint density at radius 2 is 1.76 bits per heavy atom. The SMILES string of the molecule is Cc1c(-c2ccccn2)nc2cc(F)cc(F)c2c1Nc1nc(N2CCOCC2)ncc1-c1ccc(OC(F)F)cc1. The minimum absolute atomic E-state index is 0.00538. The molecular formula is C30H24F4N6O2. The van der Waals surface area contributed by atoms with Crippen LogP contribution in [-0.4, -0.2) is 52.9 Å². The fourth-order valence-electron chi connectivity index (χ4n) is 4.84. The number of morpholine rings is 1. The molecule has 0 saturated carbocycles. The molecule has 0 aliphatic carbocycles. The minimum atomic E-state index is -2.96. The summed E-state index contributed by atoms with van der Waals surface area (Å²) in [6.45, 7) is 0.984. The first kappa shape index (κ1) is 27.3. The largest absolute Gasteiger partial charge is 0.435 e. The Bertz CT molecular complexity index is 1730. The van der Waals surface area contributed by atoms with Gasteiger partial charge in [0, 0.05) is 48.7 Å². The number of nitrogens with zero attached hydrogens (tertiary/aromatic N) is 5. The topological polar surface area (TPSA) is 85.3 Å². The van der Waals surface area contributed by atoms with Crippen molar-refractivity contribution in [1.82, 2.24) is 19.9 Å². The third-order valence-electron chi connectivity index (χ3n) is 6.86. The van der Waals surface area contributed by atoms with Crippen molar-refractivity contribution in [3.63, 3.8) is 0 Å². The molecule has 3 aromatic heterocycles. The molecule has 214 valence electrons. The maximum absolute atomic E-state index is 15.4. The van der Waals surface area contributed by atoms with Gasteiger partial charge in [0.1, 0.15) is 23.2 Å². The van der Waals surface area contributed by atoms with E-state index in [1.165, 1.54) is 12.1 Å². The lowest BCUT2D eigenvalue weighted by Gasteiger charge is -2.27. The molecule has 0 spiro atoms. The second-order valence-electron chi connectivity index (χ2n) is 9.52. The van der Waals surface area contributed by atoms with E-state index in [4.69, 9.17) is 9.72 Å². The van der Waals surface area contributed by atoms with Crippen LogP contribution in [0.15, 0.2) is 67.0 Å². The van der Waals surface area contributed by atoms with Gasteiger partial charge in [0.25, 0.3) is 0 Å². The number of nitrogens with one attached hydrogen (secondary N) is 1. The van der Waals surface area contributed by atoms with Gasteiger partial charge in [-0.25, -0.2) is 18.7 Å². The van der Waals surface area contributed by atoms with E-state index in [1.807, 2.05) is 4.90 Å². The van der Waals surface area contributed by atoms with Gasteiger partial charge < -0.3 is 19.7 Å². The van der Waals surface area contributed by atoms with Crippen molar-refractivity contribution >= 4 is 28.4 Å². The van der Waals surface area contributed by atoms with Crippen molar-refractivity contribution < 1.29 is 27.0 Å². The highest BCUT2D eigenvalue weighted by molar-refractivity contribution is 5.99. The highest BCUT2D eigenvalue weighted by atomic mass is 19.3. The quantitative estimate of drug-likeness (QED) is 0.219. The molecule has 2 aromatic carbocycles. The van der Waals surface area contributed by atoms with Gasteiger partial charge in [-0.05, 0) is 36.8 Å². The molecule has 4 heterocycles. The van der Waals surface area contributed by atoms with Gasteiger partial charge in [0.15, 0.2) is 0 Å². The first-order valence-electron chi connectivity index (χ1n) is 13.1. The third-order valence-corrected chi connectivity index (χ3v) is 6.86. The number of anilines is 3. The number of halogens is 4. The average molecular weight is 577 g/mol. The van der Waals surface area contributed by atoms with Crippen molar-refractivity contribution in [2.24, 2.45) is 0 Å². The molecule has 0 bridgehead atoms. The first-order chi connectivity index (χ1) is 20.4. The Kier molecular flexibility index (Phi) is 7.53. The molecule has 8 nitrogen and oxygen atoms in total. The summed E-state index contributed by atoms with van der Waals surface area (Å²) in [5, 5.41) is 3.36. The van der Waals surface area contributed by atoms with Crippen molar-refractivity contribution in [3.8, 4) is 28.3 Å². The molecule has 6 rings (SSSR count). The van der Waals surface area contributed by atoms with Crippen LogP contribution in [0.2, 0.25) is 0 Å². The lowest BCUT2D eigenvalue weighted by molar-refractivity contribution is -0.0498. The fraction of sp³-hybridized carbons (Fsp3) is 0.200. The van der Waals surface area contributed by atoms with Crippen LogP contribution in [0.3, 0.4) is 0 Å². The number of pyridine rings is 2. The molecule has 0 atom stereocenters. The summed E-state index contributed by atoms with van der Waals surface area (Å²) in [5.41, 5.74) is 3.05. The van der Waals surface area contributed by atoms with Crippen LogP contribution in [0, 0.1) is 18.6 Å². The summed E-state index contributed by atoms with van der Waals surface area (Å²) >= 11 is 0. The Labute approximate surface area is 238 Å². The summed E-state index contributed by atoms with van der Waals surface area (Å²) in [5.74, 6) is -0.824. The lowest BCUT2D eigenvalue weighted by Crippen LogP contribution is -2.37. The zero-order valence-corrected chi connectivity index (χ0v) is 22.3. The Hall–Kier alpha value is -4.84. The summed E-state index contributed by atoms with van der Waals surface area (Å²) in [6.07, 6.45) is 3.22. The molecule has 5 aromatic rings. The Morgan fingerprint density at radius 1 is 0.976 bits per heavy atom. The smallest absolute Gasteiger partial charge is 0.387 e. The van der Waals surface area contributed by atoms with Crippen molar-refractivity contribution in [2.45, 2.75) is 13.5 Å². The molecule has 42 heavy (non-hydrogen) atoms. The molecule has 12 heteroatoms. The summed E-state index contributed by atoms with van der Waals surface area (Å²) in [7, 11) is 0.